The van der Waals surface area contributed by atoms with E-state index in [1.807, 2.05) is 24.4 Å². The standard InChI is InChI=1S/C25H24N2O3/c1-28-20-11-12-23(29-2)19(13-20)15-27-16-22-21(24(27)17-7-4-3-5-8-17)10-6-9-18-14-26-30-25(18)22/h3-5,7-8,11-14,16H,6,9-10,15H2,1-2H3. The molecule has 0 unspecified atom stereocenters. The fraction of sp³-hybridized carbons (Fsp3) is 0.240. The molecule has 2 aromatic heterocycles. The Kier molecular flexibility index (Phi) is 4.79. The minimum Gasteiger partial charge on any atom is -0.497 e. The molecule has 1 aliphatic rings. The van der Waals surface area contributed by atoms with E-state index in [1.54, 1.807) is 14.2 Å². The maximum absolute atomic E-state index is 5.69. The molecule has 0 radical (unpaired) electrons. The molecule has 152 valence electrons. The van der Waals surface area contributed by atoms with Crippen LogP contribution in [0.2, 0.25) is 0 Å². The van der Waals surface area contributed by atoms with E-state index in [-0.39, 0.29) is 0 Å². The van der Waals surface area contributed by atoms with Gasteiger partial charge in [0, 0.05) is 22.9 Å². The van der Waals surface area contributed by atoms with Gasteiger partial charge in [-0.05, 0) is 48.6 Å². The van der Waals surface area contributed by atoms with Gasteiger partial charge in [-0.25, -0.2) is 0 Å². The van der Waals surface area contributed by atoms with Crippen LogP contribution < -0.4 is 9.47 Å². The van der Waals surface area contributed by atoms with Crippen molar-refractivity contribution >= 4 is 0 Å². The van der Waals surface area contributed by atoms with E-state index in [0.29, 0.717) is 6.54 Å². The SMILES string of the molecule is COc1ccc(OC)c(Cn2cc3c(c2-c2ccccc2)CCCc2cnoc2-3)c1. The van der Waals surface area contributed by atoms with E-state index in [9.17, 15) is 0 Å². The zero-order valence-corrected chi connectivity index (χ0v) is 17.2. The van der Waals surface area contributed by atoms with E-state index in [0.717, 1.165) is 47.6 Å². The molecule has 0 bridgehead atoms. The number of fused-ring (bicyclic) bond motifs is 3. The highest BCUT2D eigenvalue weighted by atomic mass is 16.5. The molecule has 5 nitrogen and oxygen atoms in total. The van der Waals surface area contributed by atoms with Crippen molar-refractivity contribution in [3.8, 4) is 34.1 Å². The number of methoxy groups -OCH3 is 2. The van der Waals surface area contributed by atoms with Gasteiger partial charge in [-0.15, -0.1) is 0 Å². The summed E-state index contributed by atoms with van der Waals surface area (Å²) in [6.07, 6.45) is 7.13. The van der Waals surface area contributed by atoms with Crippen LogP contribution in [0.15, 0.2) is 65.4 Å². The lowest BCUT2D eigenvalue weighted by molar-refractivity contribution is 0.397. The first-order chi connectivity index (χ1) is 14.8. The lowest BCUT2D eigenvalue weighted by atomic mass is 10.0. The molecule has 0 atom stereocenters. The normalized spacial score (nSPS) is 12.7. The molecule has 0 N–H and O–H groups in total. The highest BCUT2D eigenvalue weighted by Gasteiger charge is 2.25. The maximum atomic E-state index is 5.69. The number of aromatic nitrogens is 2. The summed E-state index contributed by atoms with van der Waals surface area (Å²) >= 11 is 0. The van der Waals surface area contributed by atoms with Crippen molar-refractivity contribution in [3.63, 3.8) is 0 Å². The number of rotatable bonds is 5. The summed E-state index contributed by atoms with van der Waals surface area (Å²) in [4.78, 5) is 0. The lowest BCUT2D eigenvalue weighted by Gasteiger charge is -2.15. The van der Waals surface area contributed by atoms with Crippen LogP contribution in [0.25, 0.3) is 22.6 Å². The first kappa shape index (κ1) is 18.6. The fourth-order valence-corrected chi connectivity index (χ4v) is 4.41. The largest absolute Gasteiger partial charge is 0.497 e. The molecule has 0 spiro atoms. The average molecular weight is 400 g/mol. The van der Waals surface area contributed by atoms with E-state index in [1.165, 1.54) is 22.4 Å². The highest BCUT2D eigenvalue weighted by Crippen LogP contribution is 2.40. The molecule has 0 saturated carbocycles. The summed E-state index contributed by atoms with van der Waals surface area (Å²) in [5, 5.41) is 4.07. The third kappa shape index (κ3) is 3.16. The van der Waals surface area contributed by atoms with Crippen molar-refractivity contribution in [1.29, 1.82) is 0 Å². The molecule has 4 aromatic rings. The molecule has 1 aliphatic carbocycles. The quantitative estimate of drug-likeness (QED) is 0.452. The second kappa shape index (κ2) is 7.75. The van der Waals surface area contributed by atoms with Crippen molar-refractivity contribution in [1.82, 2.24) is 9.72 Å². The first-order valence-corrected chi connectivity index (χ1v) is 10.2. The van der Waals surface area contributed by atoms with Crippen molar-refractivity contribution < 1.29 is 14.0 Å². The van der Waals surface area contributed by atoms with Gasteiger partial charge in [0.1, 0.15) is 11.5 Å². The zero-order chi connectivity index (χ0) is 20.5. The van der Waals surface area contributed by atoms with E-state index in [4.69, 9.17) is 14.0 Å². The van der Waals surface area contributed by atoms with Crippen LogP contribution in [0.1, 0.15) is 23.1 Å². The van der Waals surface area contributed by atoms with Crippen LogP contribution >= 0.6 is 0 Å². The maximum Gasteiger partial charge on any atom is 0.171 e. The number of aryl methyl sites for hydroxylation is 1. The van der Waals surface area contributed by atoms with Gasteiger partial charge in [0.15, 0.2) is 5.76 Å². The predicted octanol–water partition coefficient (Wildman–Crippen LogP) is 5.36. The predicted molar refractivity (Wildman–Crippen MR) is 116 cm³/mol. The summed E-state index contributed by atoms with van der Waals surface area (Å²) in [6.45, 7) is 0.668. The van der Waals surface area contributed by atoms with Crippen LogP contribution in [-0.4, -0.2) is 23.9 Å². The Morgan fingerprint density at radius 1 is 1.03 bits per heavy atom. The number of hydrogen-bond acceptors (Lipinski definition) is 4. The summed E-state index contributed by atoms with van der Waals surface area (Å²) < 4.78 is 19.1. The Bertz CT molecular complexity index is 1170. The topological polar surface area (TPSA) is 49.4 Å². The Hall–Kier alpha value is -3.47. The lowest BCUT2D eigenvalue weighted by Crippen LogP contribution is -2.04. The molecule has 5 heteroatoms. The molecular formula is C25H24N2O3. The van der Waals surface area contributed by atoms with E-state index >= 15 is 0 Å². The average Bonchev–Trinajstić information content (AvgIpc) is 3.35. The smallest absolute Gasteiger partial charge is 0.171 e. The molecule has 30 heavy (non-hydrogen) atoms. The molecule has 0 saturated heterocycles. The van der Waals surface area contributed by atoms with Crippen molar-refractivity contribution in [2.45, 2.75) is 25.8 Å². The van der Waals surface area contributed by atoms with Crippen LogP contribution in [-0.2, 0) is 19.4 Å². The summed E-state index contributed by atoms with van der Waals surface area (Å²) in [5.74, 6) is 2.56. The van der Waals surface area contributed by atoms with Crippen molar-refractivity contribution in [3.05, 3.63) is 77.6 Å². The molecule has 5 rings (SSSR count). The van der Waals surface area contributed by atoms with Crippen LogP contribution in [0.4, 0.5) is 0 Å². The summed E-state index contributed by atoms with van der Waals surface area (Å²) in [6, 6.07) is 16.5. The minimum atomic E-state index is 0.668. The van der Waals surface area contributed by atoms with Crippen molar-refractivity contribution in [2.75, 3.05) is 14.2 Å². The molecular weight excluding hydrogens is 376 g/mol. The van der Waals surface area contributed by atoms with Gasteiger partial charge in [0.2, 0.25) is 0 Å². The molecule has 0 amide bonds. The third-order valence-electron chi connectivity index (χ3n) is 5.82. The van der Waals surface area contributed by atoms with E-state index < -0.39 is 0 Å². The van der Waals surface area contributed by atoms with Gasteiger partial charge in [0.05, 0.1) is 32.7 Å². The second-order valence-electron chi connectivity index (χ2n) is 7.58. The first-order valence-electron chi connectivity index (χ1n) is 10.2. The van der Waals surface area contributed by atoms with Crippen LogP contribution in [0.5, 0.6) is 11.5 Å². The fourth-order valence-electron chi connectivity index (χ4n) is 4.41. The monoisotopic (exact) mass is 400 g/mol. The van der Waals surface area contributed by atoms with Gasteiger partial charge < -0.3 is 18.6 Å². The number of benzene rings is 2. The number of hydrogen-bond donors (Lipinski definition) is 0. The third-order valence-corrected chi connectivity index (χ3v) is 5.82. The van der Waals surface area contributed by atoms with Gasteiger partial charge in [0.25, 0.3) is 0 Å². The van der Waals surface area contributed by atoms with Gasteiger partial charge in [-0.1, -0.05) is 35.5 Å². The summed E-state index contributed by atoms with van der Waals surface area (Å²) in [5.41, 5.74) is 7.13. The van der Waals surface area contributed by atoms with Gasteiger partial charge >= 0.3 is 0 Å². The molecule has 0 aliphatic heterocycles. The Balaban J connectivity index is 1.69. The van der Waals surface area contributed by atoms with E-state index in [2.05, 4.69) is 46.3 Å². The molecule has 0 fully saturated rings. The second-order valence-corrected chi connectivity index (χ2v) is 7.58. The molecule has 2 aromatic carbocycles. The van der Waals surface area contributed by atoms with Crippen LogP contribution in [0.3, 0.4) is 0 Å². The van der Waals surface area contributed by atoms with Gasteiger partial charge in [-0.3, -0.25) is 0 Å². The molecule has 2 heterocycles. The Morgan fingerprint density at radius 2 is 1.90 bits per heavy atom. The zero-order valence-electron chi connectivity index (χ0n) is 17.2. The summed E-state index contributed by atoms with van der Waals surface area (Å²) in [7, 11) is 3.39. The minimum absolute atomic E-state index is 0.668. The van der Waals surface area contributed by atoms with Crippen LogP contribution in [0, 0.1) is 0 Å². The van der Waals surface area contributed by atoms with Crippen molar-refractivity contribution in [2.24, 2.45) is 0 Å². The Morgan fingerprint density at radius 3 is 2.70 bits per heavy atom. The number of ether oxygens (including phenoxy) is 2. The Labute approximate surface area is 175 Å². The highest BCUT2D eigenvalue weighted by molar-refractivity contribution is 5.77. The number of nitrogens with zero attached hydrogens (tertiary/aromatic N) is 2. The van der Waals surface area contributed by atoms with Gasteiger partial charge in [-0.2, -0.15) is 0 Å².